The molecule has 2 aliphatic heterocycles. The Bertz CT molecular complexity index is 936. The van der Waals surface area contributed by atoms with Gasteiger partial charge in [-0.1, -0.05) is 23.4 Å². The summed E-state index contributed by atoms with van der Waals surface area (Å²) in [4.78, 5) is 12.2. The van der Waals surface area contributed by atoms with Crippen molar-refractivity contribution in [3.05, 3.63) is 48.3 Å². The molecule has 5 rings (SSSR count). The van der Waals surface area contributed by atoms with Crippen molar-refractivity contribution in [3.63, 3.8) is 0 Å². The first kappa shape index (κ1) is 17.2. The van der Waals surface area contributed by atoms with Crippen molar-refractivity contribution >= 4 is 23.4 Å². The Hall–Kier alpha value is -1.91. The first-order chi connectivity index (χ1) is 13.2. The van der Waals surface area contributed by atoms with Crippen molar-refractivity contribution in [1.82, 2.24) is 24.7 Å². The van der Waals surface area contributed by atoms with Gasteiger partial charge >= 0.3 is 0 Å². The number of H-pyrrole nitrogens is 1. The number of halogens is 1. The minimum absolute atomic E-state index is 0.0840. The lowest BCUT2D eigenvalue weighted by Crippen LogP contribution is -2.62. The molecule has 27 heavy (non-hydrogen) atoms. The molecule has 0 amide bonds. The van der Waals surface area contributed by atoms with E-state index in [0.29, 0.717) is 11.6 Å². The standard InChI is InChI=1S/C17H16ClN5O3S/c18-10-3-11(6-19-5-10)27-17-14(24)13(15-12(26-17)8-25-15)23-7-9(4-22-23)16-20-1-2-21-16/h1-7,12-15,17,24H,8H2,(H,20,21). The van der Waals surface area contributed by atoms with Crippen LogP contribution in [0.2, 0.25) is 5.02 Å². The van der Waals surface area contributed by atoms with Gasteiger partial charge in [0.1, 0.15) is 35.6 Å². The smallest absolute Gasteiger partial charge is 0.140 e. The monoisotopic (exact) mass is 405 g/mol. The lowest BCUT2D eigenvalue weighted by molar-refractivity contribution is -0.266. The second-order valence-electron chi connectivity index (χ2n) is 6.43. The van der Waals surface area contributed by atoms with Gasteiger partial charge in [0.25, 0.3) is 0 Å². The van der Waals surface area contributed by atoms with Crippen molar-refractivity contribution in [1.29, 1.82) is 0 Å². The van der Waals surface area contributed by atoms with Crippen LogP contribution >= 0.6 is 23.4 Å². The average Bonchev–Trinajstić information content (AvgIpc) is 3.31. The van der Waals surface area contributed by atoms with E-state index in [2.05, 4.69) is 20.1 Å². The van der Waals surface area contributed by atoms with Crippen molar-refractivity contribution < 1.29 is 14.6 Å². The number of thioether (sulfide) groups is 1. The molecule has 0 saturated carbocycles. The molecule has 10 heteroatoms. The molecule has 140 valence electrons. The van der Waals surface area contributed by atoms with Crippen LogP contribution in [0.1, 0.15) is 6.04 Å². The summed E-state index contributed by atoms with van der Waals surface area (Å²) in [5.41, 5.74) is 0.370. The van der Waals surface area contributed by atoms with E-state index < -0.39 is 11.5 Å². The Balaban J connectivity index is 1.41. The molecule has 2 fully saturated rings. The zero-order chi connectivity index (χ0) is 18.4. The number of aromatic nitrogens is 5. The molecule has 3 aromatic rings. The highest BCUT2D eigenvalue weighted by molar-refractivity contribution is 7.99. The van der Waals surface area contributed by atoms with Gasteiger partial charge in [0.05, 0.1) is 23.4 Å². The third-order valence-electron chi connectivity index (χ3n) is 4.70. The second-order valence-corrected chi connectivity index (χ2v) is 8.03. The molecule has 0 radical (unpaired) electrons. The summed E-state index contributed by atoms with van der Waals surface area (Å²) < 4.78 is 13.4. The van der Waals surface area contributed by atoms with E-state index in [1.165, 1.54) is 11.8 Å². The maximum atomic E-state index is 11.0. The third-order valence-corrected chi connectivity index (χ3v) is 6.03. The van der Waals surface area contributed by atoms with Gasteiger partial charge < -0.3 is 19.6 Å². The lowest BCUT2D eigenvalue weighted by atomic mass is 9.93. The van der Waals surface area contributed by atoms with Crippen LogP contribution in [-0.4, -0.2) is 60.2 Å². The van der Waals surface area contributed by atoms with Crippen molar-refractivity contribution in [3.8, 4) is 11.4 Å². The predicted octanol–water partition coefficient (Wildman–Crippen LogP) is 2.14. The van der Waals surface area contributed by atoms with Crippen LogP contribution in [-0.2, 0) is 9.47 Å². The topological polar surface area (TPSA) is 98.1 Å². The second kappa shape index (κ2) is 6.92. The SMILES string of the molecule is OC1C(Sc2cncc(Cl)c2)OC2COC2C1n1cc(-c2ncc[nH]2)cn1. The number of nitrogens with zero attached hydrogens (tertiary/aromatic N) is 4. The Morgan fingerprint density at radius 2 is 2.26 bits per heavy atom. The summed E-state index contributed by atoms with van der Waals surface area (Å²) in [6, 6.07) is 1.45. The summed E-state index contributed by atoms with van der Waals surface area (Å²) >= 11 is 7.41. The van der Waals surface area contributed by atoms with E-state index in [1.54, 1.807) is 41.7 Å². The number of hydrogen-bond acceptors (Lipinski definition) is 7. The molecule has 5 unspecified atom stereocenters. The summed E-state index contributed by atoms with van der Waals surface area (Å²) in [7, 11) is 0. The summed E-state index contributed by atoms with van der Waals surface area (Å²) in [6.07, 6.45) is 9.16. The number of aliphatic hydroxyl groups is 1. The van der Waals surface area contributed by atoms with Crippen LogP contribution in [0.15, 0.2) is 48.1 Å². The quantitative estimate of drug-likeness (QED) is 0.686. The summed E-state index contributed by atoms with van der Waals surface area (Å²) in [5.74, 6) is 0.727. The maximum absolute atomic E-state index is 11.0. The molecule has 2 aliphatic rings. The van der Waals surface area contributed by atoms with Gasteiger partial charge in [0.2, 0.25) is 0 Å². The largest absolute Gasteiger partial charge is 0.387 e. The van der Waals surface area contributed by atoms with Crippen LogP contribution in [0.3, 0.4) is 0 Å². The van der Waals surface area contributed by atoms with E-state index in [4.69, 9.17) is 21.1 Å². The molecule has 8 nitrogen and oxygen atoms in total. The number of aliphatic hydroxyl groups excluding tert-OH is 1. The maximum Gasteiger partial charge on any atom is 0.140 e. The number of aromatic amines is 1. The van der Waals surface area contributed by atoms with Crippen molar-refractivity contribution in [2.45, 2.75) is 34.7 Å². The Morgan fingerprint density at radius 1 is 1.33 bits per heavy atom. The Labute approximate surface area is 163 Å². The van der Waals surface area contributed by atoms with Gasteiger partial charge in [-0.05, 0) is 6.07 Å². The highest BCUT2D eigenvalue weighted by atomic mass is 35.5. The molecule has 3 aromatic heterocycles. The van der Waals surface area contributed by atoms with Crippen LogP contribution in [0, 0.1) is 0 Å². The zero-order valence-electron chi connectivity index (χ0n) is 14.0. The van der Waals surface area contributed by atoms with E-state index in [9.17, 15) is 5.11 Å². The van der Waals surface area contributed by atoms with Gasteiger partial charge in [-0.2, -0.15) is 5.10 Å². The minimum atomic E-state index is -0.820. The number of imidazole rings is 1. The lowest BCUT2D eigenvalue weighted by Gasteiger charge is -2.49. The van der Waals surface area contributed by atoms with Crippen LogP contribution in [0.4, 0.5) is 0 Å². The number of ether oxygens (including phenoxy) is 2. The molecule has 2 N–H and O–H groups in total. The van der Waals surface area contributed by atoms with Crippen molar-refractivity contribution in [2.24, 2.45) is 0 Å². The fraction of sp³-hybridized carbons (Fsp3) is 0.353. The number of nitrogens with one attached hydrogen (secondary N) is 1. The van der Waals surface area contributed by atoms with Crippen LogP contribution < -0.4 is 0 Å². The molecule has 2 saturated heterocycles. The number of fused-ring (bicyclic) bond motifs is 1. The number of pyridine rings is 1. The highest BCUT2D eigenvalue weighted by Crippen LogP contribution is 2.42. The van der Waals surface area contributed by atoms with Gasteiger partial charge in [-0.3, -0.25) is 9.67 Å². The van der Waals surface area contributed by atoms with Gasteiger partial charge in [0.15, 0.2) is 0 Å². The first-order valence-electron chi connectivity index (χ1n) is 8.45. The molecule has 0 bridgehead atoms. The fourth-order valence-corrected chi connectivity index (χ4v) is 4.69. The molecule has 0 aromatic carbocycles. The van der Waals surface area contributed by atoms with E-state index >= 15 is 0 Å². The number of rotatable bonds is 4. The zero-order valence-corrected chi connectivity index (χ0v) is 15.5. The third kappa shape index (κ3) is 3.15. The molecular weight excluding hydrogens is 390 g/mol. The Kier molecular flexibility index (Phi) is 4.41. The summed E-state index contributed by atoms with van der Waals surface area (Å²) in [5, 5.41) is 16.0. The van der Waals surface area contributed by atoms with E-state index in [0.717, 1.165) is 16.3 Å². The number of hydrogen-bond donors (Lipinski definition) is 2. The minimum Gasteiger partial charge on any atom is -0.387 e. The van der Waals surface area contributed by atoms with E-state index in [-0.39, 0.29) is 18.2 Å². The molecule has 0 spiro atoms. The molecule has 0 aliphatic carbocycles. The van der Waals surface area contributed by atoms with Crippen LogP contribution in [0.5, 0.6) is 0 Å². The first-order valence-corrected chi connectivity index (χ1v) is 9.71. The van der Waals surface area contributed by atoms with Crippen LogP contribution in [0.25, 0.3) is 11.4 Å². The fourth-order valence-electron chi connectivity index (χ4n) is 3.37. The highest BCUT2D eigenvalue weighted by Gasteiger charge is 2.52. The van der Waals surface area contributed by atoms with Gasteiger partial charge in [-0.25, -0.2) is 4.98 Å². The molecule has 5 atom stereocenters. The molecular formula is C17H16ClN5O3S. The predicted molar refractivity (Wildman–Crippen MR) is 98.4 cm³/mol. The normalized spacial score (nSPS) is 29.9. The Morgan fingerprint density at radius 3 is 3.00 bits per heavy atom. The van der Waals surface area contributed by atoms with Gasteiger partial charge in [0, 0.05) is 35.9 Å². The van der Waals surface area contributed by atoms with Crippen molar-refractivity contribution in [2.75, 3.05) is 6.61 Å². The average molecular weight is 406 g/mol. The van der Waals surface area contributed by atoms with Gasteiger partial charge in [-0.15, -0.1) is 0 Å². The molecule has 5 heterocycles. The van der Waals surface area contributed by atoms with E-state index in [1.807, 2.05) is 6.20 Å². The summed E-state index contributed by atoms with van der Waals surface area (Å²) in [6.45, 7) is 0.505.